The van der Waals surface area contributed by atoms with Crippen molar-refractivity contribution in [2.75, 3.05) is 7.05 Å². The lowest BCUT2D eigenvalue weighted by molar-refractivity contribution is 0.300. The third-order valence-corrected chi connectivity index (χ3v) is 3.63. The molecule has 0 aliphatic heterocycles. The standard InChI is InChI=1S/C14H18N2OS/c1-10-6-12(11(2)15-3)4-5-14(10)17-7-13-8-18-9-16-13/h4-6,8-9,11,15H,7H2,1-3H3. The van der Waals surface area contributed by atoms with Crippen molar-refractivity contribution in [1.29, 1.82) is 0 Å². The van der Waals surface area contributed by atoms with Crippen molar-refractivity contribution in [3.05, 3.63) is 45.9 Å². The van der Waals surface area contributed by atoms with Gasteiger partial charge in [-0.05, 0) is 38.1 Å². The molecule has 1 aromatic heterocycles. The largest absolute Gasteiger partial charge is 0.487 e. The summed E-state index contributed by atoms with van der Waals surface area (Å²) in [5.41, 5.74) is 5.23. The Morgan fingerprint density at radius 3 is 2.89 bits per heavy atom. The van der Waals surface area contributed by atoms with E-state index in [4.69, 9.17) is 4.74 Å². The van der Waals surface area contributed by atoms with Gasteiger partial charge in [-0.15, -0.1) is 11.3 Å². The summed E-state index contributed by atoms with van der Waals surface area (Å²) in [4.78, 5) is 4.20. The summed E-state index contributed by atoms with van der Waals surface area (Å²) in [6, 6.07) is 6.66. The van der Waals surface area contributed by atoms with Crippen LogP contribution in [0.2, 0.25) is 0 Å². The molecule has 4 heteroatoms. The Balaban J connectivity index is 2.05. The number of rotatable bonds is 5. The van der Waals surface area contributed by atoms with E-state index in [9.17, 15) is 0 Å². The molecule has 0 spiro atoms. The minimum absolute atomic E-state index is 0.358. The third kappa shape index (κ3) is 3.09. The highest BCUT2D eigenvalue weighted by atomic mass is 32.1. The van der Waals surface area contributed by atoms with Crippen LogP contribution in [0, 0.1) is 6.92 Å². The van der Waals surface area contributed by atoms with Crippen LogP contribution >= 0.6 is 11.3 Å². The number of ether oxygens (including phenoxy) is 1. The highest BCUT2D eigenvalue weighted by Crippen LogP contribution is 2.23. The van der Waals surface area contributed by atoms with Crippen LogP contribution in [0.25, 0.3) is 0 Å². The van der Waals surface area contributed by atoms with Gasteiger partial charge in [-0.3, -0.25) is 0 Å². The highest BCUT2D eigenvalue weighted by Gasteiger charge is 2.06. The molecule has 0 saturated carbocycles. The Morgan fingerprint density at radius 2 is 2.28 bits per heavy atom. The second-order valence-corrected chi connectivity index (χ2v) is 5.02. The van der Waals surface area contributed by atoms with Crippen LogP contribution in [0.4, 0.5) is 0 Å². The molecule has 0 radical (unpaired) electrons. The fourth-order valence-electron chi connectivity index (χ4n) is 1.73. The predicted molar refractivity (Wildman–Crippen MR) is 75.1 cm³/mol. The Bertz CT molecular complexity index is 497. The molecule has 2 aromatic rings. The summed E-state index contributed by atoms with van der Waals surface area (Å²) in [5.74, 6) is 0.926. The number of nitrogens with one attached hydrogen (secondary N) is 1. The molecule has 0 aliphatic carbocycles. The van der Waals surface area contributed by atoms with Gasteiger partial charge < -0.3 is 10.1 Å². The van der Waals surface area contributed by atoms with Gasteiger partial charge in [0.2, 0.25) is 0 Å². The number of aryl methyl sites for hydroxylation is 1. The average molecular weight is 262 g/mol. The predicted octanol–water partition coefficient (Wildman–Crippen LogP) is 3.31. The van der Waals surface area contributed by atoms with Crippen molar-refractivity contribution in [2.45, 2.75) is 26.5 Å². The molecular formula is C14H18N2OS. The van der Waals surface area contributed by atoms with E-state index in [1.165, 1.54) is 5.56 Å². The molecule has 1 atom stereocenters. The second kappa shape index (κ2) is 5.98. The Labute approximate surface area is 112 Å². The molecule has 0 saturated heterocycles. The maximum Gasteiger partial charge on any atom is 0.131 e. The van der Waals surface area contributed by atoms with Gasteiger partial charge in [-0.2, -0.15) is 0 Å². The maximum atomic E-state index is 5.77. The Hall–Kier alpha value is -1.39. The number of hydrogen-bond acceptors (Lipinski definition) is 4. The Morgan fingerprint density at radius 1 is 1.44 bits per heavy atom. The maximum absolute atomic E-state index is 5.77. The number of benzene rings is 1. The molecule has 96 valence electrons. The van der Waals surface area contributed by atoms with Crippen molar-refractivity contribution in [2.24, 2.45) is 0 Å². The molecule has 0 fully saturated rings. The van der Waals surface area contributed by atoms with Crippen LogP contribution in [-0.2, 0) is 6.61 Å². The van der Waals surface area contributed by atoms with Crippen LogP contribution in [0.3, 0.4) is 0 Å². The SMILES string of the molecule is CNC(C)c1ccc(OCc2cscn2)c(C)c1. The summed E-state index contributed by atoms with van der Waals surface area (Å²) in [5, 5.41) is 5.24. The van der Waals surface area contributed by atoms with Crippen molar-refractivity contribution >= 4 is 11.3 Å². The number of thiazole rings is 1. The summed E-state index contributed by atoms with van der Waals surface area (Å²) in [6.45, 7) is 4.75. The van der Waals surface area contributed by atoms with Crippen LogP contribution in [0.15, 0.2) is 29.1 Å². The fraction of sp³-hybridized carbons (Fsp3) is 0.357. The number of hydrogen-bond donors (Lipinski definition) is 1. The monoisotopic (exact) mass is 262 g/mol. The summed E-state index contributed by atoms with van der Waals surface area (Å²) >= 11 is 1.59. The molecule has 1 unspecified atom stereocenters. The average Bonchev–Trinajstić information content (AvgIpc) is 2.89. The molecule has 0 aliphatic rings. The summed E-state index contributed by atoms with van der Waals surface area (Å²) < 4.78 is 5.77. The first kappa shape index (κ1) is 13.1. The molecule has 3 nitrogen and oxygen atoms in total. The summed E-state index contributed by atoms with van der Waals surface area (Å²) in [7, 11) is 1.96. The van der Waals surface area contributed by atoms with E-state index in [0.717, 1.165) is 17.0 Å². The van der Waals surface area contributed by atoms with Gasteiger partial charge in [0.05, 0.1) is 11.2 Å². The van der Waals surface area contributed by atoms with Crippen LogP contribution in [-0.4, -0.2) is 12.0 Å². The molecular weight excluding hydrogens is 244 g/mol. The molecule has 2 rings (SSSR count). The van der Waals surface area contributed by atoms with Crippen molar-refractivity contribution in [3.8, 4) is 5.75 Å². The van der Waals surface area contributed by atoms with Gasteiger partial charge in [0.1, 0.15) is 12.4 Å². The van der Waals surface area contributed by atoms with Crippen molar-refractivity contribution < 1.29 is 4.74 Å². The third-order valence-electron chi connectivity index (χ3n) is 2.99. The van der Waals surface area contributed by atoms with Crippen molar-refractivity contribution in [1.82, 2.24) is 10.3 Å². The lowest BCUT2D eigenvalue weighted by Gasteiger charge is -2.14. The molecule has 0 amide bonds. The van der Waals surface area contributed by atoms with Gasteiger partial charge in [0.25, 0.3) is 0 Å². The first-order valence-electron chi connectivity index (χ1n) is 5.98. The molecule has 1 aromatic carbocycles. The molecule has 1 heterocycles. The zero-order chi connectivity index (χ0) is 13.0. The van der Waals surface area contributed by atoms with E-state index in [-0.39, 0.29) is 0 Å². The normalized spacial score (nSPS) is 12.4. The fourth-order valence-corrected chi connectivity index (χ4v) is 2.27. The number of aromatic nitrogens is 1. The van der Waals surface area contributed by atoms with Crippen LogP contribution in [0.1, 0.15) is 29.8 Å². The van der Waals surface area contributed by atoms with Gasteiger partial charge in [-0.1, -0.05) is 12.1 Å². The quantitative estimate of drug-likeness (QED) is 0.897. The molecule has 0 bridgehead atoms. The Kier molecular flexibility index (Phi) is 4.33. The van der Waals surface area contributed by atoms with E-state index >= 15 is 0 Å². The second-order valence-electron chi connectivity index (χ2n) is 4.30. The summed E-state index contributed by atoms with van der Waals surface area (Å²) in [6.07, 6.45) is 0. The van der Waals surface area contributed by atoms with E-state index in [2.05, 4.69) is 36.3 Å². The minimum Gasteiger partial charge on any atom is -0.487 e. The molecule has 18 heavy (non-hydrogen) atoms. The highest BCUT2D eigenvalue weighted by molar-refractivity contribution is 7.07. The van der Waals surface area contributed by atoms with E-state index in [0.29, 0.717) is 12.6 Å². The van der Waals surface area contributed by atoms with Crippen molar-refractivity contribution in [3.63, 3.8) is 0 Å². The van der Waals surface area contributed by atoms with Gasteiger partial charge in [0, 0.05) is 11.4 Å². The first-order chi connectivity index (χ1) is 8.70. The first-order valence-corrected chi connectivity index (χ1v) is 6.92. The lowest BCUT2D eigenvalue weighted by atomic mass is 10.1. The zero-order valence-corrected chi connectivity index (χ0v) is 11.8. The van der Waals surface area contributed by atoms with Gasteiger partial charge in [0.15, 0.2) is 0 Å². The van der Waals surface area contributed by atoms with Gasteiger partial charge >= 0.3 is 0 Å². The van der Waals surface area contributed by atoms with E-state index < -0.39 is 0 Å². The van der Waals surface area contributed by atoms with Crippen LogP contribution in [0.5, 0.6) is 5.75 Å². The number of nitrogens with zero attached hydrogens (tertiary/aromatic N) is 1. The smallest absolute Gasteiger partial charge is 0.131 e. The van der Waals surface area contributed by atoms with Gasteiger partial charge in [-0.25, -0.2) is 4.98 Å². The van der Waals surface area contributed by atoms with E-state index in [1.54, 1.807) is 11.3 Å². The van der Waals surface area contributed by atoms with E-state index in [1.807, 2.05) is 24.0 Å². The topological polar surface area (TPSA) is 34.1 Å². The zero-order valence-electron chi connectivity index (χ0n) is 10.9. The lowest BCUT2D eigenvalue weighted by Crippen LogP contribution is -2.12. The molecule has 1 N–H and O–H groups in total. The minimum atomic E-state index is 0.358. The van der Waals surface area contributed by atoms with Crippen LogP contribution < -0.4 is 10.1 Å².